The maximum absolute atomic E-state index is 13.4. The molecule has 0 aliphatic carbocycles. The van der Waals surface area contributed by atoms with Gasteiger partial charge < -0.3 is 25.4 Å². The van der Waals surface area contributed by atoms with Crippen LogP contribution < -0.4 is 15.4 Å². The van der Waals surface area contributed by atoms with Crippen LogP contribution in [0.3, 0.4) is 0 Å². The predicted molar refractivity (Wildman–Crippen MR) is 154 cm³/mol. The number of ether oxygens (including phenoxy) is 1. The van der Waals surface area contributed by atoms with Crippen LogP contribution in [0.4, 0.5) is 16.2 Å². The van der Waals surface area contributed by atoms with Gasteiger partial charge in [-0.05, 0) is 49.9 Å². The molecule has 4 rings (SSSR count). The van der Waals surface area contributed by atoms with Crippen LogP contribution in [0.5, 0.6) is 5.75 Å². The van der Waals surface area contributed by atoms with Crippen molar-refractivity contribution in [1.29, 1.82) is 0 Å². The quantitative estimate of drug-likeness (QED) is 0.395. The van der Waals surface area contributed by atoms with Crippen molar-refractivity contribution in [2.75, 3.05) is 37.4 Å². The number of anilines is 2. The van der Waals surface area contributed by atoms with Crippen LogP contribution in [-0.2, 0) is 17.8 Å². The van der Waals surface area contributed by atoms with E-state index >= 15 is 0 Å². The van der Waals surface area contributed by atoms with E-state index in [4.69, 9.17) is 4.74 Å². The Morgan fingerprint density at radius 1 is 1.05 bits per heavy atom. The van der Waals surface area contributed by atoms with Crippen LogP contribution in [0.1, 0.15) is 25.0 Å². The van der Waals surface area contributed by atoms with Gasteiger partial charge in [0, 0.05) is 42.5 Å². The fraction of sp³-hybridized carbons (Fsp3) is 0.355. The van der Waals surface area contributed by atoms with Gasteiger partial charge in [-0.2, -0.15) is 0 Å². The van der Waals surface area contributed by atoms with Gasteiger partial charge in [-0.3, -0.25) is 9.69 Å². The van der Waals surface area contributed by atoms with Crippen molar-refractivity contribution in [2.45, 2.75) is 39.0 Å². The van der Waals surface area contributed by atoms with E-state index in [2.05, 4.69) is 41.6 Å². The van der Waals surface area contributed by atoms with E-state index in [0.717, 1.165) is 6.54 Å². The number of nitrogens with zero attached hydrogens (tertiary/aromatic N) is 2. The summed E-state index contributed by atoms with van der Waals surface area (Å²) in [6.45, 7) is 5.72. The summed E-state index contributed by atoms with van der Waals surface area (Å²) in [4.78, 5) is 30.0. The number of aliphatic hydroxyl groups excluding tert-OH is 1. The molecule has 1 aliphatic rings. The first kappa shape index (κ1) is 28.1. The SMILES string of the molecule is C[C@@H]1CN([C@@H](C)CO)C(=O)Cc2cc(NC(=O)Nc3ccccc3)ccc2O[C@H]1CN(C)Cc1ccccc1. The molecule has 0 bridgehead atoms. The summed E-state index contributed by atoms with van der Waals surface area (Å²) in [7, 11) is 2.06. The minimum Gasteiger partial charge on any atom is -0.488 e. The Morgan fingerprint density at radius 2 is 1.72 bits per heavy atom. The summed E-state index contributed by atoms with van der Waals surface area (Å²) in [5.74, 6) is 0.555. The van der Waals surface area contributed by atoms with E-state index in [-0.39, 0.29) is 43.0 Å². The van der Waals surface area contributed by atoms with Gasteiger partial charge in [0.25, 0.3) is 0 Å². The second-order valence-electron chi connectivity index (χ2n) is 10.3. The molecule has 3 atom stereocenters. The van der Waals surface area contributed by atoms with Gasteiger partial charge in [0.15, 0.2) is 0 Å². The van der Waals surface area contributed by atoms with Crippen LogP contribution in [0.2, 0.25) is 0 Å². The number of nitrogens with one attached hydrogen (secondary N) is 2. The largest absolute Gasteiger partial charge is 0.488 e. The molecule has 1 aliphatic heterocycles. The first-order valence-electron chi connectivity index (χ1n) is 13.4. The molecule has 206 valence electrons. The molecule has 3 N–H and O–H groups in total. The summed E-state index contributed by atoms with van der Waals surface area (Å²) in [5.41, 5.74) is 3.15. The third-order valence-electron chi connectivity index (χ3n) is 6.99. The zero-order valence-corrected chi connectivity index (χ0v) is 22.8. The molecule has 3 aromatic carbocycles. The zero-order valence-electron chi connectivity index (χ0n) is 22.8. The number of aliphatic hydroxyl groups is 1. The minimum absolute atomic E-state index is 0.0153. The highest BCUT2D eigenvalue weighted by atomic mass is 16.5. The maximum atomic E-state index is 13.4. The van der Waals surface area contributed by atoms with Gasteiger partial charge in [0.1, 0.15) is 11.9 Å². The number of fused-ring (bicyclic) bond motifs is 1. The summed E-state index contributed by atoms with van der Waals surface area (Å²) < 4.78 is 6.59. The predicted octanol–water partition coefficient (Wildman–Crippen LogP) is 4.61. The molecule has 0 unspecified atom stereocenters. The number of urea groups is 1. The van der Waals surface area contributed by atoms with Crippen molar-refractivity contribution in [3.63, 3.8) is 0 Å². The maximum Gasteiger partial charge on any atom is 0.323 e. The second-order valence-corrected chi connectivity index (χ2v) is 10.3. The number of rotatable bonds is 8. The smallest absolute Gasteiger partial charge is 0.323 e. The standard InChI is InChI=1S/C31H38N4O4/c1-22-18-35(23(2)21-36)30(37)17-25-16-27(33-31(38)32-26-12-8-5-9-13-26)14-15-28(25)39-29(22)20-34(3)19-24-10-6-4-7-11-24/h4-16,22-23,29,36H,17-21H2,1-3H3,(H2,32,33,38)/t22-,23+,29+/m1/s1. The van der Waals surface area contributed by atoms with Gasteiger partial charge >= 0.3 is 6.03 Å². The average Bonchev–Trinajstić information content (AvgIpc) is 2.97. The van der Waals surface area contributed by atoms with Crippen molar-refractivity contribution < 1.29 is 19.4 Å². The van der Waals surface area contributed by atoms with E-state index in [1.165, 1.54) is 5.56 Å². The summed E-state index contributed by atoms with van der Waals surface area (Å²) >= 11 is 0. The molecule has 1 heterocycles. The number of para-hydroxylation sites is 1. The first-order valence-corrected chi connectivity index (χ1v) is 13.4. The highest BCUT2D eigenvalue weighted by Gasteiger charge is 2.31. The highest BCUT2D eigenvalue weighted by molar-refractivity contribution is 5.99. The monoisotopic (exact) mass is 530 g/mol. The molecular weight excluding hydrogens is 492 g/mol. The molecule has 0 saturated heterocycles. The second kappa shape index (κ2) is 13.3. The van der Waals surface area contributed by atoms with Crippen molar-refractivity contribution in [3.05, 3.63) is 90.0 Å². The minimum atomic E-state index is -0.374. The van der Waals surface area contributed by atoms with E-state index < -0.39 is 0 Å². The summed E-state index contributed by atoms with van der Waals surface area (Å²) in [6, 6.07) is 24.2. The molecule has 8 heteroatoms. The molecule has 39 heavy (non-hydrogen) atoms. The Kier molecular flexibility index (Phi) is 9.57. The molecule has 0 fully saturated rings. The van der Waals surface area contributed by atoms with Crippen molar-refractivity contribution >= 4 is 23.3 Å². The number of carbonyl (C=O) groups is 2. The summed E-state index contributed by atoms with van der Waals surface area (Å²) in [6.07, 6.45) is -0.0913. The van der Waals surface area contributed by atoms with Gasteiger partial charge in [-0.25, -0.2) is 4.79 Å². The number of amides is 3. The van der Waals surface area contributed by atoms with Crippen LogP contribution in [0.25, 0.3) is 0 Å². The summed E-state index contributed by atoms with van der Waals surface area (Å²) in [5, 5.41) is 15.5. The topological polar surface area (TPSA) is 94.1 Å². The first-order chi connectivity index (χ1) is 18.8. The molecule has 0 radical (unpaired) electrons. The number of hydrogen-bond donors (Lipinski definition) is 3. The molecule has 3 amide bonds. The van der Waals surface area contributed by atoms with Gasteiger partial charge in [0.05, 0.1) is 19.1 Å². The van der Waals surface area contributed by atoms with E-state index in [9.17, 15) is 14.7 Å². The zero-order chi connectivity index (χ0) is 27.8. The van der Waals surface area contributed by atoms with Crippen LogP contribution >= 0.6 is 0 Å². The van der Waals surface area contributed by atoms with Gasteiger partial charge in [-0.15, -0.1) is 0 Å². The Balaban J connectivity index is 1.56. The lowest BCUT2D eigenvalue weighted by Crippen LogP contribution is -2.47. The fourth-order valence-electron chi connectivity index (χ4n) is 4.81. The van der Waals surface area contributed by atoms with Crippen LogP contribution in [0.15, 0.2) is 78.9 Å². The lowest BCUT2D eigenvalue weighted by atomic mass is 10.0. The number of benzene rings is 3. The molecule has 0 saturated carbocycles. The van der Waals surface area contributed by atoms with Crippen LogP contribution in [-0.4, -0.2) is 65.7 Å². The van der Waals surface area contributed by atoms with Gasteiger partial charge in [0.2, 0.25) is 5.91 Å². The Morgan fingerprint density at radius 3 is 2.41 bits per heavy atom. The van der Waals surface area contributed by atoms with Crippen LogP contribution in [0, 0.1) is 5.92 Å². The van der Waals surface area contributed by atoms with Crippen molar-refractivity contribution in [2.24, 2.45) is 5.92 Å². The number of carbonyl (C=O) groups excluding carboxylic acids is 2. The molecule has 0 spiro atoms. The normalized spacial score (nSPS) is 18.3. The molecule has 8 nitrogen and oxygen atoms in total. The average molecular weight is 531 g/mol. The highest BCUT2D eigenvalue weighted by Crippen LogP contribution is 2.29. The fourth-order valence-corrected chi connectivity index (χ4v) is 4.81. The van der Waals surface area contributed by atoms with Gasteiger partial charge in [-0.1, -0.05) is 55.5 Å². The van der Waals surface area contributed by atoms with E-state index in [1.54, 1.807) is 17.0 Å². The lowest BCUT2D eigenvalue weighted by Gasteiger charge is -2.34. The van der Waals surface area contributed by atoms with Crippen molar-refractivity contribution in [1.82, 2.24) is 9.80 Å². The number of hydrogen-bond acceptors (Lipinski definition) is 5. The van der Waals surface area contributed by atoms with E-state index in [0.29, 0.717) is 35.8 Å². The van der Waals surface area contributed by atoms with E-state index in [1.807, 2.05) is 61.5 Å². The number of likely N-dealkylation sites (N-methyl/N-ethyl adjacent to an activating group) is 1. The third kappa shape index (κ3) is 7.81. The Labute approximate surface area is 230 Å². The molecule has 3 aromatic rings. The lowest BCUT2D eigenvalue weighted by molar-refractivity contribution is -0.134. The molecule has 0 aromatic heterocycles. The molecular formula is C31H38N4O4. The Bertz CT molecular complexity index is 1240. The third-order valence-corrected chi connectivity index (χ3v) is 6.99. The van der Waals surface area contributed by atoms with Crippen molar-refractivity contribution in [3.8, 4) is 5.75 Å². The Hall–Kier alpha value is -3.88.